The van der Waals surface area contributed by atoms with E-state index < -0.39 is 0 Å². The van der Waals surface area contributed by atoms with Crippen LogP contribution in [0.3, 0.4) is 0 Å². The van der Waals surface area contributed by atoms with Crippen LogP contribution in [0.4, 0.5) is 0 Å². The van der Waals surface area contributed by atoms with Crippen molar-refractivity contribution in [2.75, 3.05) is 12.9 Å². The molecule has 0 aliphatic carbocycles. The molecule has 5 nitrogen and oxygen atoms in total. The molecule has 0 aliphatic heterocycles. The molecule has 0 atom stereocenters. The Balaban J connectivity index is 1.96. The summed E-state index contributed by atoms with van der Waals surface area (Å²) in [6, 6.07) is 7.74. The van der Waals surface area contributed by atoms with E-state index in [1.807, 2.05) is 45.0 Å². The van der Waals surface area contributed by atoms with Crippen molar-refractivity contribution in [3.05, 3.63) is 35.7 Å². The van der Waals surface area contributed by atoms with Crippen LogP contribution in [0.1, 0.15) is 25.3 Å². The Morgan fingerprint density at radius 2 is 2.04 bits per heavy atom. The number of thioether (sulfide) groups is 1. The van der Waals surface area contributed by atoms with E-state index in [1.165, 1.54) is 11.8 Å². The van der Waals surface area contributed by atoms with Crippen LogP contribution >= 0.6 is 11.8 Å². The van der Waals surface area contributed by atoms with Gasteiger partial charge in [0, 0.05) is 17.4 Å². The molecular weight excluding hydrogens is 312 g/mol. The number of ether oxygens (including phenoxy) is 1. The van der Waals surface area contributed by atoms with Gasteiger partial charge < -0.3 is 14.5 Å². The van der Waals surface area contributed by atoms with E-state index in [1.54, 1.807) is 7.11 Å². The first-order valence-electron chi connectivity index (χ1n) is 7.47. The van der Waals surface area contributed by atoms with Gasteiger partial charge in [0.1, 0.15) is 11.5 Å². The number of hydrogen-bond acceptors (Lipinski definition) is 5. The normalized spacial score (nSPS) is 10.8. The van der Waals surface area contributed by atoms with E-state index >= 15 is 0 Å². The van der Waals surface area contributed by atoms with Gasteiger partial charge in [0.05, 0.1) is 18.6 Å². The Labute approximate surface area is 140 Å². The molecule has 0 bridgehead atoms. The third-order valence-corrected chi connectivity index (χ3v) is 4.10. The van der Waals surface area contributed by atoms with Gasteiger partial charge in [0.25, 0.3) is 0 Å². The molecule has 1 heterocycles. The van der Waals surface area contributed by atoms with Crippen molar-refractivity contribution < 1.29 is 13.9 Å². The number of carbonyl (C=O) groups excluding carboxylic acids is 1. The highest BCUT2D eigenvalue weighted by atomic mass is 32.2. The number of nitrogens with zero attached hydrogens (tertiary/aromatic N) is 1. The fraction of sp³-hybridized carbons (Fsp3) is 0.412. The Hall–Kier alpha value is -1.95. The van der Waals surface area contributed by atoms with E-state index in [2.05, 4.69) is 10.3 Å². The van der Waals surface area contributed by atoms with Crippen molar-refractivity contribution in [3.63, 3.8) is 0 Å². The maximum absolute atomic E-state index is 11.6. The highest BCUT2D eigenvalue weighted by Gasteiger charge is 2.12. The average molecular weight is 334 g/mol. The molecular formula is C17H22N2O3S. The number of oxazole rings is 1. The van der Waals surface area contributed by atoms with E-state index in [0.29, 0.717) is 17.4 Å². The van der Waals surface area contributed by atoms with Gasteiger partial charge in [0.2, 0.25) is 11.8 Å². The summed E-state index contributed by atoms with van der Waals surface area (Å²) >= 11 is 1.53. The Kier molecular flexibility index (Phi) is 6.10. The standard InChI is InChI=1S/C17H22N2O3S/c1-11(2)18-16(20)10-23-9-15-12(3)22-17(19-15)13-5-7-14(21-4)8-6-13/h5-8,11H,9-10H2,1-4H3,(H,18,20). The maximum atomic E-state index is 11.6. The van der Waals surface area contributed by atoms with Crippen LogP contribution in [0.2, 0.25) is 0 Å². The predicted octanol–water partition coefficient (Wildman–Crippen LogP) is 3.42. The Bertz CT molecular complexity index is 650. The molecule has 2 aromatic rings. The van der Waals surface area contributed by atoms with E-state index in [0.717, 1.165) is 22.8 Å². The van der Waals surface area contributed by atoms with Crippen LogP contribution in [-0.2, 0) is 10.5 Å². The van der Waals surface area contributed by atoms with Crippen LogP contribution in [0.25, 0.3) is 11.5 Å². The molecule has 0 unspecified atom stereocenters. The molecule has 0 saturated carbocycles. The molecule has 2 rings (SSSR count). The summed E-state index contributed by atoms with van der Waals surface area (Å²) < 4.78 is 10.9. The van der Waals surface area contributed by atoms with Gasteiger partial charge in [-0.05, 0) is 45.0 Å². The number of nitrogens with one attached hydrogen (secondary N) is 1. The molecule has 1 amide bonds. The van der Waals surface area contributed by atoms with E-state index in [4.69, 9.17) is 9.15 Å². The smallest absolute Gasteiger partial charge is 0.230 e. The number of aryl methyl sites for hydroxylation is 1. The second kappa shape index (κ2) is 8.06. The van der Waals surface area contributed by atoms with E-state index in [9.17, 15) is 4.79 Å². The largest absolute Gasteiger partial charge is 0.497 e. The van der Waals surface area contributed by atoms with Gasteiger partial charge in [-0.25, -0.2) is 4.98 Å². The first-order chi connectivity index (χ1) is 11.0. The van der Waals surface area contributed by atoms with Crippen LogP contribution < -0.4 is 10.1 Å². The molecule has 0 saturated heterocycles. The molecule has 0 aliphatic rings. The number of amides is 1. The SMILES string of the molecule is COc1ccc(-c2nc(CSCC(=O)NC(C)C)c(C)o2)cc1. The van der Waals surface area contributed by atoms with Crippen molar-refractivity contribution >= 4 is 17.7 Å². The lowest BCUT2D eigenvalue weighted by molar-refractivity contribution is -0.119. The number of benzene rings is 1. The monoisotopic (exact) mass is 334 g/mol. The summed E-state index contributed by atoms with van der Waals surface area (Å²) in [5.74, 6) is 3.28. The van der Waals surface area contributed by atoms with Crippen molar-refractivity contribution in [2.24, 2.45) is 0 Å². The van der Waals surface area contributed by atoms with Crippen LogP contribution in [0.5, 0.6) is 5.75 Å². The second-order valence-corrected chi connectivity index (χ2v) is 6.45. The summed E-state index contributed by atoms with van der Waals surface area (Å²) in [7, 11) is 1.63. The first kappa shape index (κ1) is 17.4. The number of hydrogen-bond donors (Lipinski definition) is 1. The third-order valence-electron chi connectivity index (χ3n) is 3.15. The quantitative estimate of drug-likeness (QED) is 0.840. The molecule has 6 heteroatoms. The topological polar surface area (TPSA) is 64.4 Å². The zero-order valence-corrected chi connectivity index (χ0v) is 14.7. The Morgan fingerprint density at radius 3 is 2.65 bits per heavy atom. The van der Waals surface area contributed by atoms with E-state index in [-0.39, 0.29) is 11.9 Å². The van der Waals surface area contributed by atoms with Crippen molar-refractivity contribution in [1.82, 2.24) is 10.3 Å². The molecule has 0 fully saturated rings. The van der Waals surface area contributed by atoms with Gasteiger partial charge in [0.15, 0.2) is 0 Å². The first-order valence-corrected chi connectivity index (χ1v) is 8.63. The fourth-order valence-corrected chi connectivity index (χ4v) is 2.86. The number of rotatable bonds is 7. The lowest BCUT2D eigenvalue weighted by Crippen LogP contribution is -2.31. The summed E-state index contributed by atoms with van der Waals surface area (Å²) in [5.41, 5.74) is 1.78. The van der Waals surface area contributed by atoms with Crippen LogP contribution in [0, 0.1) is 6.92 Å². The van der Waals surface area contributed by atoms with Crippen molar-refractivity contribution in [2.45, 2.75) is 32.6 Å². The molecule has 1 aromatic heterocycles. The van der Waals surface area contributed by atoms with Gasteiger partial charge in [-0.1, -0.05) is 0 Å². The number of aromatic nitrogens is 1. The Morgan fingerprint density at radius 1 is 1.35 bits per heavy atom. The molecule has 1 aromatic carbocycles. The fourth-order valence-electron chi connectivity index (χ4n) is 2.02. The highest BCUT2D eigenvalue weighted by molar-refractivity contribution is 7.99. The summed E-state index contributed by atoms with van der Waals surface area (Å²) in [6.07, 6.45) is 0. The average Bonchev–Trinajstić information content (AvgIpc) is 2.88. The summed E-state index contributed by atoms with van der Waals surface area (Å²) in [4.78, 5) is 16.2. The summed E-state index contributed by atoms with van der Waals surface area (Å²) in [6.45, 7) is 5.79. The summed E-state index contributed by atoms with van der Waals surface area (Å²) in [5, 5.41) is 2.87. The number of methoxy groups -OCH3 is 1. The minimum absolute atomic E-state index is 0.0431. The van der Waals surface area contributed by atoms with Crippen molar-refractivity contribution in [1.29, 1.82) is 0 Å². The van der Waals surface area contributed by atoms with Crippen LogP contribution in [-0.4, -0.2) is 29.8 Å². The molecule has 0 radical (unpaired) electrons. The third kappa shape index (κ3) is 5.03. The molecule has 124 valence electrons. The maximum Gasteiger partial charge on any atom is 0.230 e. The second-order valence-electron chi connectivity index (χ2n) is 5.47. The van der Waals surface area contributed by atoms with Gasteiger partial charge in [-0.15, -0.1) is 11.8 Å². The predicted molar refractivity (Wildman–Crippen MR) is 92.7 cm³/mol. The minimum atomic E-state index is 0.0431. The highest BCUT2D eigenvalue weighted by Crippen LogP contribution is 2.25. The van der Waals surface area contributed by atoms with Gasteiger partial charge in [-0.2, -0.15) is 0 Å². The van der Waals surface area contributed by atoms with Crippen LogP contribution in [0.15, 0.2) is 28.7 Å². The van der Waals surface area contributed by atoms with Crippen molar-refractivity contribution in [3.8, 4) is 17.2 Å². The van der Waals surface area contributed by atoms with Gasteiger partial charge in [-0.3, -0.25) is 4.79 Å². The molecule has 1 N–H and O–H groups in total. The zero-order valence-electron chi connectivity index (χ0n) is 13.9. The molecule has 23 heavy (non-hydrogen) atoms. The number of carbonyl (C=O) groups is 1. The zero-order chi connectivity index (χ0) is 16.8. The van der Waals surface area contributed by atoms with Gasteiger partial charge >= 0.3 is 0 Å². The lowest BCUT2D eigenvalue weighted by Gasteiger charge is -2.07. The molecule has 0 spiro atoms. The lowest BCUT2D eigenvalue weighted by atomic mass is 10.2. The minimum Gasteiger partial charge on any atom is -0.497 e.